The van der Waals surface area contributed by atoms with E-state index in [0.29, 0.717) is 5.92 Å². The van der Waals surface area contributed by atoms with Crippen molar-refractivity contribution in [1.82, 2.24) is 0 Å². The Hall–Kier alpha value is -1.51. The summed E-state index contributed by atoms with van der Waals surface area (Å²) in [5, 5.41) is 9.66. The lowest BCUT2D eigenvalue weighted by Gasteiger charge is -2.39. The maximum Gasteiger partial charge on any atom is 0.314 e. The summed E-state index contributed by atoms with van der Waals surface area (Å²) in [6.45, 7) is 0. The second kappa shape index (κ2) is 5.12. The van der Waals surface area contributed by atoms with E-state index in [1.807, 2.05) is 6.07 Å². The minimum absolute atomic E-state index is 0.602. The van der Waals surface area contributed by atoms with Crippen LogP contribution in [0.3, 0.4) is 0 Å². The van der Waals surface area contributed by atoms with E-state index in [1.165, 1.54) is 31.2 Å². The molecule has 0 aliphatic heterocycles. The number of rotatable bonds is 4. The topological polar surface area (TPSA) is 46.5 Å². The van der Waals surface area contributed by atoms with Gasteiger partial charge in [0.15, 0.2) is 0 Å². The molecule has 1 aromatic rings. The highest BCUT2D eigenvalue weighted by Crippen LogP contribution is 2.48. The molecule has 1 aromatic carbocycles. The van der Waals surface area contributed by atoms with Gasteiger partial charge in [0.25, 0.3) is 0 Å². The molecule has 20 heavy (non-hydrogen) atoms. The van der Waals surface area contributed by atoms with Crippen LogP contribution in [0.2, 0.25) is 0 Å². The Morgan fingerprint density at radius 3 is 2.45 bits per heavy atom. The van der Waals surface area contributed by atoms with Gasteiger partial charge in [0.05, 0.1) is 12.5 Å². The molecule has 2 fully saturated rings. The Bertz CT molecular complexity index is 511. The molecular formula is C17H22O3. The van der Waals surface area contributed by atoms with E-state index in [-0.39, 0.29) is 0 Å². The van der Waals surface area contributed by atoms with Crippen molar-refractivity contribution in [3.63, 3.8) is 0 Å². The van der Waals surface area contributed by atoms with Gasteiger partial charge in [-0.15, -0.1) is 0 Å². The van der Waals surface area contributed by atoms with E-state index < -0.39 is 11.4 Å². The van der Waals surface area contributed by atoms with Crippen LogP contribution in [0.1, 0.15) is 62.0 Å². The molecule has 0 bridgehead atoms. The lowest BCUT2D eigenvalue weighted by Crippen LogP contribution is -2.42. The summed E-state index contributed by atoms with van der Waals surface area (Å²) in [5.41, 5.74) is 1.48. The molecule has 3 rings (SSSR count). The largest absolute Gasteiger partial charge is 0.496 e. The standard InChI is InChI=1S/C17H22O3/c1-20-15-8-7-13(12-5-2-3-6-12)11-14(15)17(16(18)19)9-4-10-17/h7-8,11-12H,2-6,9-10H2,1H3,(H,18,19). The number of aliphatic carboxylic acids is 1. The van der Waals surface area contributed by atoms with Gasteiger partial charge in [-0.3, -0.25) is 4.79 Å². The maximum absolute atomic E-state index is 11.7. The maximum atomic E-state index is 11.7. The summed E-state index contributed by atoms with van der Waals surface area (Å²) in [6.07, 6.45) is 7.48. The molecule has 0 aromatic heterocycles. The number of hydrogen-bond donors (Lipinski definition) is 1. The highest BCUT2D eigenvalue weighted by molar-refractivity contribution is 5.83. The predicted molar refractivity (Wildman–Crippen MR) is 77.4 cm³/mol. The summed E-state index contributed by atoms with van der Waals surface area (Å²) in [6, 6.07) is 6.20. The summed E-state index contributed by atoms with van der Waals surface area (Å²) in [4.78, 5) is 11.7. The van der Waals surface area contributed by atoms with E-state index >= 15 is 0 Å². The molecule has 0 radical (unpaired) electrons. The van der Waals surface area contributed by atoms with Gasteiger partial charge in [-0.2, -0.15) is 0 Å². The quantitative estimate of drug-likeness (QED) is 0.907. The first-order chi connectivity index (χ1) is 9.67. The van der Waals surface area contributed by atoms with Crippen LogP contribution in [-0.4, -0.2) is 18.2 Å². The average Bonchev–Trinajstić information content (AvgIpc) is 2.90. The van der Waals surface area contributed by atoms with Gasteiger partial charge in [0.2, 0.25) is 0 Å². The Morgan fingerprint density at radius 2 is 1.95 bits per heavy atom. The first-order valence-electron chi connectivity index (χ1n) is 7.59. The van der Waals surface area contributed by atoms with Crippen LogP contribution in [0.15, 0.2) is 18.2 Å². The van der Waals surface area contributed by atoms with Gasteiger partial charge in [0, 0.05) is 5.56 Å². The van der Waals surface area contributed by atoms with E-state index in [9.17, 15) is 9.90 Å². The molecule has 108 valence electrons. The molecule has 0 saturated heterocycles. The van der Waals surface area contributed by atoms with Gasteiger partial charge >= 0.3 is 5.97 Å². The fourth-order valence-electron chi connectivity index (χ4n) is 3.74. The Balaban J connectivity index is 2.02. The number of carbonyl (C=O) groups is 1. The minimum atomic E-state index is -0.708. The molecule has 1 N–H and O–H groups in total. The second-order valence-corrected chi connectivity index (χ2v) is 6.18. The highest BCUT2D eigenvalue weighted by atomic mass is 16.5. The zero-order chi connectivity index (χ0) is 14.2. The molecule has 0 spiro atoms. The Morgan fingerprint density at radius 1 is 1.25 bits per heavy atom. The van der Waals surface area contributed by atoms with Gasteiger partial charge in [-0.1, -0.05) is 31.4 Å². The van der Waals surface area contributed by atoms with Crippen LogP contribution in [0.5, 0.6) is 5.75 Å². The van der Waals surface area contributed by atoms with Gasteiger partial charge < -0.3 is 9.84 Å². The molecular weight excluding hydrogens is 252 g/mol. The van der Waals surface area contributed by atoms with Crippen molar-refractivity contribution in [2.45, 2.75) is 56.3 Å². The van der Waals surface area contributed by atoms with E-state index in [1.54, 1.807) is 7.11 Å². The lowest BCUT2D eigenvalue weighted by molar-refractivity contribution is -0.147. The summed E-state index contributed by atoms with van der Waals surface area (Å²) in [7, 11) is 1.63. The van der Waals surface area contributed by atoms with Crippen molar-refractivity contribution < 1.29 is 14.6 Å². The SMILES string of the molecule is COc1ccc(C2CCCC2)cc1C1(C(=O)O)CCC1. The second-order valence-electron chi connectivity index (χ2n) is 6.18. The van der Waals surface area contributed by atoms with Crippen molar-refractivity contribution in [3.8, 4) is 5.75 Å². The van der Waals surface area contributed by atoms with E-state index in [2.05, 4.69) is 12.1 Å². The van der Waals surface area contributed by atoms with Crippen LogP contribution in [-0.2, 0) is 10.2 Å². The molecule has 0 unspecified atom stereocenters. The molecule has 2 aliphatic carbocycles. The normalized spacial score (nSPS) is 21.4. The van der Waals surface area contributed by atoms with Crippen LogP contribution in [0, 0.1) is 0 Å². The summed E-state index contributed by atoms with van der Waals surface area (Å²) < 4.78 is 5.43. The van der Waals surface area contributed by atoms with Crippen LogP contribution >= 0.6 is 0 Å². The van der Waals surface area contributed by atoms with E-state index in [4.69, 9.17) is 4.74 Å². The zero-order valence-electron chi connectivity index (χ0n) is 12.0. The molecule has 2 saturated carbocycles. The third-order valence-electron chi connectivity index (χ3n) is 5.18. The van der Waals surface area contributed by atoms with Crippen LogP contribution in [0.4, 0.5) is 0 Å². The molecule has 3 heteroatoms. The lowest BCUT2D eigenvalue weighted by atomic mass is 9.64. The van der Waals surface area contributed by atoms with E-state index in [0.717, 1.165) is 30.6 Å². The zero-order valence-corrected chi connectivity index (χ0v) is 12.0. The number of ether oxygens (including phenoxy) is 1. The summed E-state index contributed by atoms with van der Waals surface area (Å²) >= 11 is 0. The molecule has 2 aliphatic rings. The molecule has 0 atom stereocenters. The van der Waals surface area contributed by atoms with Gasteiger partial charge in [-0.25, -0.2) is 0 Å². The average molecular weight is 274 g/mol. The van der Waals surface area contributed by atoms with Crippen molar-refractivity contribution in [3.05, 3.63) is 29.3 Å². The third-order valence-corrected chi connectivity index (χ3v) is 5.18. The molecule has 0 heterocycles. The first kappa shape index (κ1) is 13.5. The highest BCUT2D eigenvalue weighted by Gasteiger charge is 2.47. The number of benzene rings is 1. The Kier molecular flexibility index (Phi) is 3.45. The number of carboxylic acids is 1. The molecule has 3 nitrogen and oxygen atoms in total. The monoisotopic (exact) mass is 274 g/mol. The number of methoxy groups -OCH3 is 1. The van der Waals surface area contributed by atoms with Crippen molar-refractivity contribution >= 4 is 5.97 Å². The fourth-order valence-corrected chi connectivity index (χ4v) is 3.74. The predicted octanol–water partition coefficient (Wildman–Crippen LogP) is 3.86. The fraction of sp³-hybridized carbons (Fsp3) is 0.588. The Labute approximate surface area is 120 Å². The van der Waals surface area contributed by atoms with Crippen molar-refractivity contribution in [2.24, 2.45) is 0 Å². The summed E-state index contributed by atoms with van der Waals surface area (Å²) in [5.74, 6) is 0.630. The first-order valence-corrected chi connectivity index (χ1v) is 7.59. The van der Waals surface area contributed by atoms with Gasteiger partial charge in [0.1, 0.15) is 5.75 Å². The minimum Gasteiger partial charge on any atom is -0.496 e. The van der Waals surface area contributed by atoms with Gasteiger partial charge in [-0.05, 0) is 43.2 Å². The van der Waals surface area contributed by atoms with Crippen LogP contribution < -0.4 is 4.74 Å². The number of hydrogen-bond acceptors (Lipinski definition) is 2. The molecule has 0 amide bonds. The van der Waals surface area contributed by atoms with Crippen molar-refractivity contribution in [1.29, 1.82) is 0 Å². The van der Waals surface area contributed by atoms with Crippen LogP contribution in [0.25, 0.3) is 0 Å². The van der Waals surface area contributed by atoms with Crippen molar-refractivity contribution in [2.75, 3.05) is 7.11 Å². The third kappa shape index (κ3) is 2.00. The number of carboxylic acid groups (broad SMARTS) is 1. The smallest absolute Gasteiger partial charge is 0.314 e.